The molecule has 6 nitrogen and oxygen atoms in total. The van der Waals surface area contributed by atoms with Crippen LogP contribution >= 0.6 is 11.6 Å². The van der Waals surface area contributed by atoms with Crippen LogP contribution in [0.3, 0.4) is 0 Å². The Labute approximate surface area is 187 Å². The first-order valence-corrected chi connectivity index (χ1v) is 11.1. The summed E-state index contributed by atoms with van der Waals surface area (Å²) >= 11 is 5.92. The maximum Gasteiger partial charge on any atom is 0.254 e. The van der Waals surface area contributed by atoms with Gasteiger partial charge in [0.2, 0.25) is 11.7 Å². The Bertz CT molecular complexity index is 993. The Morgan fingerprint density at radius 1 is 1.03 bits per heavy atom. The second kappa shape index (κ2) is 10.1. The number of hydrogen-bond acceptors (Lipinski definition) is 5. The lowest BCUT2D eigenvalue weighted by molar-refractivity contribution is 0.0769. The minimum Gasteiger partial charge on any atom is -0.337 e. The van der Waals surface area contributed by atoms with Crippen molar-refractivity contribution in [3.05, 3.63) is 70.6 Å². The molecule has 0 bridgehead atoms. The Balaban J connectivity index is 1.35. The van der Waals surface area contributed by atoms with Crippen molar-refractivity contribution in [2.75, 3.05) is 20.1 Å². The van der Waals surface area contributed by atoms with Gasteiger partial charge in [0.05, 0.1) is 6.54 Å². The molecule has 7 heteroatoms. The molecule has 1 fully saturated rings. The first-order valence-electron chi connectivity index (χ1n) is 10.7. The van der Waals surface area contributed by atoms with E-state index >= 15 is 0 Å². The van der Waals surface area contributed by atoms with E-state index in [1.54, 1.807) is 24.1 Å². The van der Waals surface area contributed by atoms with E-state index < -0.39 is 0 Å². The maximum absolute atomic E-state index is 12.8. The molecular formula is C24H27ClN4O2. The molecule has 0 unspecified atom stereocenters. The first-order chi connectivity index (χ1) is 15.1. The number of aromatic nitrogens is 2. The van der Waals surface area contributed by atoms with Crippen LogP contribution in [0.2, 0.25) is 5.02 Å². The van der Waals surface area contributed by atoms with E-state index in [1.165, 1.54) is 31.2 Å². The summed E-state index contributed by atoms with van der Waals surface area (Å²) in [5.74, 6) is 0.788. The molecule has 3 aromatic rings. The molecular weight excluding hydrogens is 412 g/mol. The summed E-state index contributed by atoms with van der Waals surface area (Å²) in [6.07, 6.45) is 5.21. The lowest BCUT2D eigenvalue weighted by Gasteiger charge is -2.20. The first kappa shape index (κ1) is 21.5. The zero-order valence-corrected chi connectivity index (χ0v) is 18.5. The van der Waals surface area contributed by atoms with E-state index in [-0.39, 0.29) is 12.5 Å². The molecule has 2 heterocycles. The maximum atomic E-state index is 12.8. The van der Waals surface area contributed by atoms with Crippen molar-refractivity contribution in [3.8, 4) is 11.4 Å². The third-order valence-corrected chi connectivity index (χ3v) is 5.85. The Hall–Kier alpha value is -2.70. The lowest BCUT2D eigenvalue weighted by Crippen LogP contribution is -2.26. The summed E-state index contributed by atoms with van der Waals surface area (Å²) < 4.78 is 5.33. The number of carbonyl (C=O) groups is 1. The molecule has 0 radical (unpaired) electrons. The zero-order chi connectivity index (χ0) is 21.6. The van der Waals surface area contributed by atoms with Crippen LogP contribution in [0.4, 0.5) is 0 Å². The fraction of sp³-hybridized carbons (Fsp3) is 0.375. The Morgan fingerprint density at radius 3 is 2.39 bits per heavy atom. The second-order valence-electron chi connectivity index (χ2n) is 8.07. The van der Waals surface area contributed by atoms with Gasteiger partial charge < -0.3 is 9.42 Å². The predicted octanol–water partition coefficient (Wildman–Crippen LogP) is 5.04. The summed E-state index contributed by atoms with van der Waals surface area (Å²) in [6.45, 7) is 3.51. The van der Waals surface area contributed by atoms with Gasteiger partial charge in [-0.1, -0.05) is 41.7 Å². The molecule has 0 saturated carbocycles. The van der Waals surface area contributed by atoms with Gasteiger partial charge in [-0.2, -0.15) is 4.98 Å². The predicted molar refractivity (Wildman–Crippen MR) is 121 cm³/mol. The van der Waals surface area contributed by atoms with Crippen LogP contribution in [-0.2, 0) is 13.1 Å². The van der Waals surface area contributed by atoms with E-state index in [4.69, 9.17) is 16.1 Å². The van der Waals surface area contributed by atoms with E-state index in [9.17, 15) is 4.79 Å². The van der Waals surface area contributed by atoms with Crippen LogP contribution in [0, 0.1) is 0 Å². The van der Waals surface area contributed by atoms with Crippen LogP contribution in [0.1, 0.15) is 47.5 Å². The van der Waals surface area contributed by atoms with Crippen LogP contribution in [0.25, 0.3) is 11.4 Å². The highest BCUT2D eigenvalue weighted by atomic mass is 35.5. The van der Waals surface area contributed by atoms with Crippen molar-refractivity contribution >= 4 is 17.5 Å². The van der Waals surface area contributed by atoms with E-state index in [2.05, 4.69) is 27.2 Å². The molecule has 1 saturated heterocycles. The monoisotopic (exact) mass is 438 g/mol. The highest BCUT2D eigenvalue weighted by Crippen LogP contribution is 2.19. The SMILES string of the molecule is CN(Cc1nc(-c2ccc(Cl)cc2)no1)C(=O)c1ccc(CN2CCCCCC2)cc1. The topological polar surface area (TPSA) is 62.5 Å². The van der Waals surface area contributed by atoms with Crippen molar-refractivity contribution in [3.63, 3.8) is 0 Å². The third-order valence-electron chi connectivity index (χ3n) is 5.60. The second-order valence-corrected chi connectivity index (χ2v) is 8.50. The molecule has 1 aromatic heterocycles. The number of carbonyl (C=O) groups excluding carboxylic acids is 1. The molecule has 0 aliphatic carbocycles. The zero-order valence-electron chi connectivity index (χ0n) is 17.8. The van der Waals surface area contributed by atoms with Gasteiger partial charge >= 0.3 is 0 Å². The van der Waals surface area contributed by atoms with Gasteiger partial charge in [-0.05, 0) is 67.9 Å². The number of rotatable bonds is 6. The standard InChI is InChI=1S/C24H27ClN4O2/c1-28(17-22-26-23(27-31-22)19-10-12-21(25)13-11-19)24(30)20-8-6-18(7-9-20)16-29-14-4-2-3-5-15-29/h6-13H,2-5,14-17H2,1H3. The molecule has 4 rings (SSSR count). The average Bonchev–Trinajstić information content (AvgIpc) is 3.09. The fourth-order valence-corrected chi connectivity index (χ4v) is 3.96. The Kier molecular flexibility index (Phi) is 6.99. The lowest BCUT2D eigenvalue weighted by atomic mass is 10.1. The normalized spacial score (nSPS) is 14.9. The summed E-state index contributed by atoms with van der Waals surface area (Å²) in [4.78, 5) is 21.3. The van der Waals surface area contributed by atoms with Crippen LogP contribution in [0.15, 0.2) is 53.1 Å². The molecule has 31 heavy (non-hydrogen) atoms. The van der Waals surface area contributed by atoms with Crippen LogP contribution < -0.4 is 0 Å². The van der Waals surface area contributed by atoms with Crippen molar-refractivity contribution in [2.45, 2.75) is 38.8 Å². The van der Waals surface area contributed by atoms with Gasteiger partial charge in [0.1, 0.15) is 0 Å². The van der Waals surface area contributed by atoms with Crippen molar-refractivity contribution in [1.82, 2.24) is 19.9 Å². The largest absolute Gasteiger partial charge is 0.337 e. The number of hydrogen-bond donors (Lipinski definition) is 0. The molecule has 0 atom stereocenters. The van der Waals surface area contributed by atoms with Gasteiger partial charge in [-0.3, -0.25) is 9.69 Å². The van der Waals surface area contributed by atoms with Gasteiger partial charge in [0.25, 0.3) is 5.91 Å². The highest BCUT2D eigenvalue weighted by Gasteiger charge is 2.17. The Morgan fingerprint density at radius 2 is 1.71 bits per heavy atom. The number of benzene rings is 2. The van der Waals surface area contributed by atoms with Crippen molar-refractivity contribution in [1.29, 1.82) is 0 Å². The molecule has 0 N–H and O–H groups in total. The van der Waals surface area contributed by atoms with Gasteiger partial charge in [-0.25, -0.2) is 0 Å². The number of nitrogens with zero attached hydrogens (tertiary/aromatic N) is 4. The van der Waals surface area contributed by atoms with Crippen molar-refractivity contribution < 1.29 is 9.32 Å². The summed E-state index contributed by atoms with van der Waals surface area (Å²) in [5, 5.41) is 4.65. The van der Waals surface area contributed by atoms with Gasteiger partial charge in [0, 0.05) is 29.7 Å². The van der Waals surface area contributed by atoms with E-state index in [0.717, 1.165) is 25.2 Å². The number of likely N-dealkylation sites (tertiary alicyclic amines) is 1. The van der Waals surface area contributed by atoms with Crippen LogP contribution in [0.5, 0.6) is 0 Å². The van der Waals surface area contributed by atoms with Gasteiger partial charge in [-0.15, -0.1) is 0 Å². The average molecular weight is 439 g/mol. The summed E-state index contributed by atoms with van der Waals surface area (Å²) in [6, 6.07) is 15.1. The van der Waals surface area contributed by atoms with Crippen LogP contribution in [-0.4, -0.2) is 46.0 Å². The third kappa shape index (κ3) is 5.71. The molecule has 0 spiro atoms. The number of amides is 1. The summed E-state index contributed by atoms with van der Waals surface area (Å²) in [5.41, 5.74) is 2.71. The van der Waals surface area contributed by atoms with Gasteiger partial charge in [0.15, 0.2) is 0 Å². The molecule has 1 aliphatic rings. The number of halogens is 1. The summed E-state index contributed by atoms with van der Waals surface area (Å²) in [7, 11) is 1.74. The fourth-order valence-electron chi connectivity index (χ4n) is 3.84. The van der Waals surface area contributed by atoms with Crippen molar-refractivity contribution in [2.24, 2.45) is 0 Å². The van der Waals surface area contributed by atoms with E-state index in [0.29, 0.717) is 22.3 Å². The smallest absolute Gasteiger partial charge is 0.254 e. The minimum atomic E-state index is -0.0763. The molecule has 1 aliphatic heterocycles. The molecule has 2 aromatic carbocycles. The highest BCUT2D eigenvalue weighted by molar-refractivity contribution is 6.30. The molecule has 162 valence electrons. The molecule has 1 amide bonds. The quantitative estimate of drug-likeness (QED) is 0.539. The van der Waals surface area contributed by atoms with E-state index in [1.807, 2.05) is 24.3 Å². The minimum absolute atomic E-state index is 0.0763.